The van der Waals surface area contributed by atoms with Crippen LogP contribution in [-0.4, -0.2) is 11.2 Å². The molecule has 0 fully saturated rings. The number of hydrogen-bond acceptors (Lipinski definition) is 4. The van der Waals surface area contributed by atoms with Crippen molar-refractivity contribution in [1.29, 1.82) is 0 Å². The lowest BCUT2D eigenvalue weighted by atomic mass is 10.4. The molecule has 0 unspecified atom stereocenters. The van der Waals surface area contributed by atoms with Crippen molar-refractivity contribution >= 4 is 12.0 Å². The Balaban J connectivity index is 2.80. The molecule has 1 aromatic rings. The molecule has 0 radical (unpaired) electrons. The van der Waals surface area contributed by atoms with Crippen LogP contribution < -0.4 is 11.5 Å². The van der Waals surface area contributed by atoms with Gasteiger partial charge >= 0.3 is 0 Å². The molecule has 0 atom stereocenters. The second-order valence-corrected chi connectivity index (χ2v) is 2.56. The monoisotopic (exact) mass is 176 g/mol. The Morgan fingerprint density at radius 1 is 1.54 bits per heavy atom. The van der Waals surface area contributed by atoms with Crippen LogP contribution in [-0.2, 0) is 0 Å². The van der Waals surface area contributed by atoms with Crippen molar-refractivity contribution in [2.75, 3.05) is 0 Å². The summed E-state index contributed by atoms with van der Waals surface area (Å²) < 4.78 is 0. The number of aryl methyl sites for hydroxylation is 1. The van der Waals surface area contributed by atoms with Gasteiger partial charge in [0.15, 0.2) is 5.82 Å². The highest BCUT2D eigenvalue weighted by molar-refractivity contribution is 5.79. The molecule has 0 aromatic carbocycles. The van der Waals surface area contributed by atoms with Crippen LogP contribution in [0.3, 0.4) is 0 Å². The lowest BCUT2D eigenvalue weighted by molar-refractivity contribution is 1.18. The third-order valence-electron chi connectivity index (χ3n) is 1.41. The summed E-state index contributed by atoms with van der Waals surface area (Å²) in [6.45, 7) is 1.90. The molecule has 4 heteroatoms. The highest BCUT2D eigenvalue weighted by Gasteiger charge is 1.89. The molecule has 13 heavy (non-hydrogen) atoms. The van der Waals surface area contributed by atoms with Gasteiger partial charge in [-0.2, -0.15) is 0 Å². The standard InChI is InChI=1S/C9H12N4/c1-7-3-2-4-9(13-7)12-6-8(11)5-10/h2-6H,10-11H2,1H3/b8-5+,12-6+. The third kappa shape index (κ3) is 2.94. The van der Waals surface area contributed by atoms with Crippen LogP contribution >= 0.6 is 0 Å². The predicted molar refractivity (Wildman–Crippen MR) is 53.6 cm³/mol. The summed E-state index contributed by atoms with van der Waals surface area (Å²) in [6.07, 6.45) is 2.76. The molecule has 68 valence electrons. The Bertz CT molecular complexity index is 341. The number of aliphatic imine (C=N–C) groups is 1. The van der Waals surface area contributed by atoms with Crippen LogP contribution in [0.2, 0.25) is 0 Å². The second-order valence-electron chi connectivity index (χ2n) is 2.56. The number of nitrogens with zero attached hydrogens (tertiary/aromatic N) is 2. The van der Waals surface area contributed by atoms with Gasteiger partial charge in [0.05, 0.1) is 11.9 Å². The van der Waals surface area contributed by atoms with Gasteiger partial charge < -0.3 is 11.5 Å². The van der Waals surface area contributed by atoms with E-state index in [1.807, 2.05) is 19.1 Å². The summed E-state index contributed by atoms with van der Waals surface area (Å²) in [5.74, 6) is 0.629. The van der Waals surface area contributed by atoms with Crippen LogP contribution in [0.4, 0.5) is 5.82 Å². The number of pyridine rings is 1. The quantitative estimate of drug-likeness (QED) is 0.656. The van der Waals surface area contributed by atoms with E-state index in [1.54, 1.807) is 6.07 Å². The van der Waals surface area contributed by atoms with E-state index in [1.165, 1.54) is 12.4 Å². The van der Waals surface area contributed by atoms with E-state index in [4.69, 9.17) is 11.5 Å². The molecule has 0 saturated heterocycles. The summed E-state index contributed by atoms with van der Waals surface area (Å²) in [5.41, 5.74) is 11.9. The molecule has 1 rings (SSSR count). The number of allylic oxidation sites excluding steroid dienone is 1. The van der Waals surface area contributed by atoms with Gasteiger partial charge in [-0.05, 0) is 19.1 Å². The largest absolute Gasteiger partial charge is 0.403 e. The Labute approximate surface area is 77.0 Å². The first-order chi connectivity index (χ1) is 6.22. The van der Waals surface area contributed by atoms with Gasteiger partial charge in [0.2, 0.25) is 0 Å². The lowest BCUT2D eigenvalue weighted by Crippen LogP contribution is -2.01. The van der Waals surface area contributed by atoms with Crippen LogP contribution in [0.5, 0.6) is 0 Å². The molecule has 1 aromatic heterocycles. The predicted octanol–water partition coefficient (Wildman–Crippen LogP) is 0.851. The highest BCUT2D eigenvalue weighted by atomic mass is 14.9. The van der Waals surface area contributed by atoms with Gasteiger partial charge in [-0.25, -0.2) is 9.98 Å². The Morgan fingerprint density at radius 3 is 2.92 bits per heavy atom. The average molecular weight is 176 g/mol. The van der Waals surface area contributed by atoms with E-state index < -0.39 is 0 Å². The first-order valence-corrected chi connectivity index (χ1v) is 3.87. The molecule has 0 aliphatic heterocycles. The van der Waals surface area contributed by atoms with Gasteiger partial charge in [0.25, 0.3) is 0 Å². The Hall–Kier alpha value is -1.84. The summed E-state index contributed by atoms with van der Waals surface area (Å²) in [7, 11) is 0. The fourth-order valence-electron chi connectivity index (χ4n) is 0.784. The topological polar surface area (TPSA) is 77.3 Å². The van der Waals surface area contributed by atoms with Crippen LogP contribution in [0, 0.1) is 6.92 Å². The number of rotatable bonds is 2. The summed E-state index contributed by atoms with van der Waals surface area (Å²) in [6, 6.07) is 5.59. The van der Waals surface area contributed by atoms with Crippen LogP contribution in [0.25, 0.3) is 0 Å². The number of nitrogens with two attached hydrogens (primary N) is 2. The smallest absolute Gasteiger partial charge is 0.152 e. The van der Waals surface area contributed by atoms with Gasteiger partial charge in [-0.15, -0.1) is 0 Å². The molecule has 4 N–H and O–H groups in total. The summed E-state index contributed by atoms with van der Waals surface area (Å²) in [4.78, 5) is 8.19. The van der Waals surface area contributed by atoms with Gasteiger partial charge in [0, 0.05) is 11.9 Å². The van der Waals surface area contributed by atoms with Crippen molar-refractivity contribution in [2.45, 2.75) is 6.92 Å². The fraction of sp³-hybridized carbons (Fsp3) is 0.111. The SMILES string of the molecule is Cc1cccc(/N=C/C(N)=C\N)n1. The fourth-order valence-corrected chi connectivity index (χ4v) is 0.784. The molecule has 0 amide bonds. The van der Waals surface area contributed by atoms with Crippen molar-refractivity contribution in [1.82, 2.24) is 4.98 Å². The van der Waals surface area contributed by atoms with Crippen molar-refractivity contribution < 1.29 is 0 Å². The Morgan fingerprint density at radius 2 is 2.31 bits per heavy atom. The van der Waals surface area contributed by atoms with E-state index in [9.17, 15) is 0 Å². The van der Waals surface area contributed by atoms with Crippen molar-refractivity contribution in [3.05, 3.63) is 35.8 Å². The molecule has 0 bridgehead atoms. The Kier molecular flexibility index (Phi) is 3.03. The van der Waals surface area contributed by atoms with E-state index in [-0.39, 0.29) is 0 Å². The molecule has 0 saturated carbocycles. The van der Waals surface area contributed by atoms with Crippen LogP contribution in [0.1, 0.15) is 5.69 Å². The van der Waals surface area contributed by atoms with Crippen molar-refractivity contribution in [3.8, 4) is 0 Å². The highest BCUT2D eigenvalue weighted by Crippen LogP contribution is 2.06. The van der Waals surface area contributed by atoms with E-state index >= 15 is 0 Å². The first kappa shape index (κ1) is 9.25. The summed E-state index contributed by atoms with van der Waals surface area (Å²) >= 11 is 0. The minimum Gasteiger partial charge on any atom is -0.403 e. The number of aromatic nitrogens is 1. The molecule has 4 nitrogen and oxygen atoms in total. The van der Waals surface area contributed by atoms with E-state index in [0.29, 0.717) is 11.5 Å². The minimum absolute atomic E-state index is 0.420. The molecular weight excluding hydrogens is 164 g/mol. The zero-order valence-corrected chi connectivity index (χ0v) is 7.44. The van der Waals surface area contributed by atoms with Gasteiger partial charge in [0.1, 0.15) is 0 Å². The maximum Gasteiger partial charge on any atom is 0.152 e. The average Bonchev–Trinajstić information content (AvgIpc) is 2.14. The zero-order valence-electron chi connectivity index (χ0n) is 7.44. The minimum atomic E-state index is 0.420. The first-order valence-electron chi connectivity index (χ1n) is 3.87. The van der Waals surface area contributed by atoms with Crippen molar-refractivity contribution in [3.63, 3.8) is 0 Å². The maximum absolute atomic E-state index is 5.42. The van der Waals surface area contributed by atoms with Gasteiger partial charge in [-0.3, -0.25) is 0 Å². The normalized spacial score (nSPS) is 12.2. The van der Waals surface area contributed by atoms with Crippen LogP contribution in [0.15, 0.2) is 35.1 Å². The molecule has 0 aliphatic carbocycles. The molecule has 0 aliphatic rings. The van der Waals surface area contributed by atoms with E-state index in [0.717, 1.165) is 5.69 Å². The second kappa shape index (κ2) is 4.25. The molecule has 0 spiro atoms. The van der Waals surface area contributed by atoms with E-state index in [2.05, 4.69) is 9.98 Å². The molecular formula is C9H12N4. The maximum atomic E-state index is 5.42. The summed E-state index contributed by atoms with van der Waals surface area (Å²) in [5, 5.41) is 0. The zero-order chi connectivity index (χ0) is 9.68. The third-order valence-corrected chi connectivity index (χ3v) is 1.41. The molecule has 1 heterocycles. The number of hydrogen-bond donors (Lipinski definition) is 2. The lowest BCUT2D eigenvalue weighted by Gasteiger charge is -1.94. The van der Waals surface area contributed by atoms with Crippen molar-refractivity contribution in [2.24, 2.45) is 16.5 Å². The van der Waals surface area contributed by atoms with Gasteiger partial charge in [-0.1, -0.05) is 6.07 Å².